The second-order valence-corrected chi connectivity index (χ2v) is 9.19. The van der Waals surface area contributed by atoms with Crippen LogP contribution in [0.1, 0.15) is 25.5 Å². The fourth-order valence-corrected chi connectivity index (χ4v) is 4.81. The van der Waals surface area contributed by atoms with E-state index in [1.807, 2.05) is 4.72 Å². The number of amides is 2. The largest absolute Gasteiger partial charge is 0.481 e. The molecule has 0 bridgehead atoms. The van der Waals surface area contributed by atoms with E-state index < -0.39 is 33.5 Å². The van der Waals surface area contributed by atoms with Gasteiger partial charge in [-0.3, -0.25) is 10.1 Å². The normalized spacial score (nSPS) is 13.1. The SMILES string of the molecule is COc1cc(OC)nc(NC(=O)NS(=O)(=O)c2sccc2C(OC(C)=O)C(C)Cl)n1. The number of alkyl halides is 1. The lowest BCUT2D eigenvalue weighted by atomic mass is 10.1. The Morgan fingerprint density at radius 3 is 2.30 bits per heavy atom. The number of aromatic nitrogens is 2. The van der Waals surface area contributed by atoms with Gasteiger partial charge in [0, 0.05) is 12.5 Å². The molecular weight excluding hydrogens is 460 g/mol. The number of esters is 1. The van der Waals surface area contributed by atoms with E-state index in [1.165, 1.54) is 38.7 Å². The summed E-state index contributed by atoms with van der Waals surface area (Å²) < 4.78 is 42.2. The minimum atomic E-state index is -4.32. The van der Waals surface area contributed by atoms with E-state index in [2.05, 4.69) is 15.3 Å². The lowest BCUT2D eigenvalue weighted by Gasteiger charge is -2.20. The molecule has 0 spiro atoms. The first-order valence-corrected chi connectivity index (χ1v) is 11.1. The van der Waals surface area contributed by atoms with Gasteiger partial charge in [0.2, 0.25) is 17.7 Å². The molecule has 2 rings (SSSR count). The van der Waals surface area contributed by atoms with Crippen molar-refractivity contribution in [3.8, 4) is 11.8 Å². The molecule has 0 saturated heterocycles. The summed E-state index contributed by atoms with van der Waals surface area (Å²) in [4.78, 5) is 31.4. The van der Waals surface area contributed by atoms with Crippen LogP contribution in [0.3, 0.4) is 0 Å². The Morgan fingerprint density at radius 2 is 1.80 bits per heavy atom. The highest BCUT2D eigenvalue weighted by Crippen LogP contribution is 2.34. The molecule has 0 saturated carbocycles. The predicted molar refractivity (Wildman–Crippen MR) is 109 cm³/mol. The van der Waals surface area contributed by atoms with E-state index in [-0.39, 0.29) is 27.5 Å². The van der Waals surface area contributed by atoms with E-state index >= 15 is 0 Å². The maximum absolute atomic E-state index is 12.7. The quantitative estimate of drug-likeness (QED) is 0.430. The van der Waals surface area contributed by atoms with Crippen molar-refractivity contribution in [2.75, 3.05) is 19.5 Å². The fourth-order valence-electron chi connectivity index (χ4n) is 2.28. The van der Waals surface area contributed by atoms with Gasteiger partial charge in [-0.1, -0.05) is 0 Å². The zero-order valence-corrected chi connectivity index (χ0v) is 18.7. The summed E-state index contributed by atoms with van der Waals surface area (Å²) in [6, 6.07) is 1.72. The van der Waals surface area contributed by atoms with Crippen molar-refractivity contribution < 1.29 is 32.2 Å². The predicted octanol–water partition coefficient (Wildman–Crippen LogP) is 2.30. The Labute approximate surface area is 181 Å². The number of methoxy groups -OCH3 is 2. The Balaban J connectivity index is 2.25. The molecule has 2 heterocycles. The van der Waals surface area contributed by atoms with Crippen LogP contribution in [0.4, 0.5) is 10.7 Å². The van der Waals surface area contributed by atoms with Crippen molar-refractivity contribution in [2.45, 2.75) is 29.5 Å². The first kappa shape index (κ1) is 23.6. The van der Waals surface area contributed by atoms with Crippen LogP contribution in [0, 0.1) is 0 Å². The molecule has 2 unspecified atom stereocenters. The first-order valence-electron chi connectivity index (χ1n) is 8.27. The zero-order valence-electron chi connectivity index (χ0n) is 16.3. The van der Waals surface area contributed by atoms with Gasteiger partial charge in [-0.15, -0.1) is 22.9 Å². The maximum atomic E-state index is 12.7. The van der Waals surface area contributed by atoms with Gasteiger partial charge in [-0.2, -0.15) is 9.97 Å². The molecule has 0 fully saturated rings. The van der Waals surface area contributed by atoms with Crippen LogP contribution in [0.25, 0.3) is 0 Å². The van der Waals surface area contributed by atoms with Gasteiger partial charge in [-0.05, 0) is 18.4 Å². The van der Waals surface area contributed by atoms with E-state index in [0.717, 1.165) is 11.3 Å². The van der Waals surface area contributed by atoms with E-state index in [1.54, 1.807) is 6.92 Å². The fraction of sp³-hybridized carbons (Fsp3) is 0.375. The summed E-state index contributed by atoms with van der Waals surface area (Å²) in [5.41, 5.74) is 0.150. The number of sulfonamides is 1. The van der Waals surface area contributed by atoms with Gasteiger partial charge in [0.25, 0.3) is 10.0 Å². The highest BCUT2D eigenvalue weighted by atomic mass is 35.5. The number of carbonyl (C=O) groups is 2. The number of rotatable bonds is 8. The second-order valence-electron chi connectivity index (χ2n) is 5.71. The van der Waals surface area contributed by atoms with Crippen molar-refractivity contribution in [2.24, 2.45) is 0 Å². The van der Waals surface area contributed by atoms with Crippen LogP contribution in [0.2, 0.25) is 0 Å². The van der Waals surface area contributed by atoms with Crippen molar-refractivity contribution in [1.82, 2.24) is 14.7 Å². The number of carbonyl (C=O) groups excluding carboxylic acids is 2. The number of urea groups is 1. The molecule has 164 valence electrons. The molecule has 0 aliphatic rings. The van der Waals surface area contributed by atoms with Gasteiger partial charge in [-0.25, -0.2) is 17.9 Å². The monoisotopic (exact) mass is 478 g/mol. The Hall–Kier alpha value is -2.64. The number of hydrogen-bond acceptors (Lipinski definition) is 10. The lowest BCUT2D eigenvalue weighted by molar-refractivity contribution is -0.146. The molecule has 2 amide bonds. The lowest BCUT2D eigenvalue weighted by Crippen LogP contribution is -2.35. The summed E-state index contributed by atoms with van der Waals surface area (Å²) in [6.45, 7) is 2.73. The highest BCUT2D eigenvalue weighted by molar-refractivity contribution is 7.92. The van der Waals surface area contributed by atoms with Crippen LogP contribution in [0.15, 0.2) is 21.7 Å². The topological polar surface area (TPSA) is 146 Å². The minimum Gasteiger partial charge on any atom is -0.481 e. The number of halogens is 1. The number of thiophene rings is 1. The van der Waals surface area contributed by atoms with E-state index in [0.29, 0.717) is 0 Å². The summed E-state index contributed by atoms with van der Waals surface area (Å²) in [7, 11) is -1.62. The van der Waals surface area contributed by atoms with E-state index in [9.17, 15) is 18.0 Å². The molecule has 0 aliphatic carbocycles. The molecule has 14 heteroatoms. The highest BCUT2D eigenvalue weighted by Gasteiger charge is 2.31. The third kappa shape index (κ3) is 5.93. The molecule has 11 nitrogen and oxygen atoms in total. The summed E-state index contributed by atoms with van der Waals surface area (Å²) in [5.74, 6) is -0.670. The van der Waals surface area contributed by atoms with Crippen molar-refractivity contribution in [3.63, 3.8) is 0 Å². The number of anilines is 1. The standard InChI is InChI=1S/C16H19ClN4O7S2/c1-8(17)13(28-9(2)22)10-5-6-29-14(10)30(24,25)21-16(23)20-15-18-11(26-3)7-12(19-15)27-4/h5-8,13H,1-4H3,(H2,18,19,20,21,23). The van der Waals surface area contributed by atoms with Crippen LogP contribution in [-0.4, -0.2) is 50.0 Å². The average molecular weight is 479 g/mol. The number of nitrogens with zero attached hydrogens (tertiary/aromatic N) is 2. The Morgan fingerprint density at radius 1 is 1.20 bits per heavy atom. The van der Waals surface area contributed by atoms with Crippen LogP contribution in [-0.2, 0) is 19.6 Å². The molecule has 0 radical (unpaired) electrons. The van der Waals surface area contributed by atoms with Crippen LogP contribution in [0.5, 0.6) is 11.8 Å². The number of hydrogen-bond donors (Lipinski definition) is 2. The van der Waals surface area contributed by atoms with Gasteiger partial charge < -0.3 is 14.2 Å². The van der Waals surface area contributed by atoms with Crippen molar-refractivity contribution >= 4 is 50.9 Å². The summed E-state index contributed by atoms with van der Waals surface area (Å²) in [6.07, 6.45) is -1.02. The van der Waals surface area contributed by atoms with Crippen molar-refractivity contribution in [3.05, 3.63) is 23.1 Å². The zero-order chi connectivity index (χ0) is 22.5. The second kappa shape index (κ2) is 9.91. The smallest absolute Gasteiger partial charge is 0.335 e. The average Bonchev–Trinajstić information content (AvgIpc) is 3.15. The van der Waals surface area contributed by atoms with Gasteiger partial charge in [0.1, 0.15) is 10.3 Å². The molecule has 2 aromatic heterocycles. The summed E-state index contributed by atoms with van der Waals surface area (Å²) >= 11 is 6.90. The summed E-state index contributed by atoms with van der Waals surface area (Å²) in [5, 5.41) is 2.96. The third-order valence-electron chi connectivity index (χ3n) is 3.47. The maximum Gasteiger partial charge on any atom is 0.335 e. The van der Waals surface area contributed by atoms with Crippen LogP contribution < -0.4 is 19.5 Å². The molecule has 2 N–H and O–H groups in total. The Bertz CT molecular complexity index is 1000. The minimum absolute atomic E-state index is 0.0980. The third-order valence-corrected chi connectivity index (χ3v) is 6.54. The van der Waals surface area contributed by atoms with Crippen molar-refractivity contribution in [1.29, 1.82) is 0 Å². The van der Waals surface area contributed by atoms with E-state index in [4.69, 9.17) is 25.8 Å². The molecule has 30 heavy (non-hydrogen) atoms. The van der Waals surface area contributed by atoms with Gasteiger partial charge in [0.15, 0.2) is 0 Å². The number of nitrogens with one attached hydrogen (secondary N) is 2. The Kier molecular flexibility index (Phi) is 7.81. The molecule has 0 aliphatic heterocycles. The molecule has 2 atom stereocenters. The van der Waals surface area contributed by atoms with Crippen LogP contribution >= 0.6 is 22.9 Å². The first-order chi connectivity index (χ1) is 14.1. The number of ether oxygens (including phenoxy) is 3. The molecular formula is C16H19ClN4O7S2. The van der Waals surface area contributed by atoms with Gasteiger partial charge >= 0.3 is 12.0 Å². The molecule has 2 aromatic rings. The molecule has 0 aromatic carbocycles. The van der Waals surface area contributed by atoms with Gasteiger partial charge in [0.05, 0.1) is 25.7 Å².